The smallest absolute Gasteiger partial charge is 0.254 e. The quantitative estimate of drug-likeness (QED) is 0.741. The SMILES string of the molecule is Cc1cn([C@H]2C[C@H]3OC[C@H]3O2)c(=S)[nH]c1=O. The fraction of sp³-hybridized carbons (Fsp3) is 0.600. The lowest BCUT2D eigenvalue weighted by Crippen LogP contribution is -2.40. The van der Waals surface area contributed by atoms with Gasteiger partial charge < -0.3 is 9.47 Å². The molecule has 5 nitrogen and oxygen atoms in total. The van der Waals surface area contributed by atoms with Crippen LogP contribution in [0.1, 0.15) is 18.2 Å². The van der Waals surface area contributed by atoms with Gasteiger partial charge in [-0.25, -0.2) is 0 Å². The van der Waals surface area contributed by atoms with Crippen molar-refractivity contribution >= 4 is 12.2 Å². The van der Waals surface area contributed by atoms with Crippen molar-refractivity contribution in [3.63, 3.8) is 0 Å². The summed E-state index contributed by atoms with van der Waals surface area (Å²) in [5.41, 5.74) is 0.496. The van der Waals surface area contributed by atoms with E-state index in [1.54, 1.807) is 17.7 Å². The second-order valence-corrected chi connectivity index (χ2v) is 4.60. The van der Waals surface area contributed by atoms with E-state index in [0.29, 0.717) is 16.9 Å². The fourth-order valence-corrected chi connectivity index (χ4v) is 2.36. The Morgan fingerprint density at radius 2 is 2.38 bits per heavy atom. The molecule has 3 rings (SSSR count). The summed E-state index contributed by atoms with van der Waals surface area (Å²) in [5, 5.41) is 0. The molecule has 0 amide bonds. The molecule has 86 valence electrons. The molecule has 3 atom stereocenters. The van der Waals surface area contributed by atoms with Crippen molar-refractivity contribution in [3.8, 4) is 0 Å². The molecule has 3 heterocycles. The zero-order valence-electron chi connectivity index (χ0n) is 8.80. The number of aromatic nitrogens is 2. The monoisotopic (exact) mass is 240 g/mol. The summed E-state index contributed by atoms with van der Waals surface area (Å²) in [5.74, 6) is 0. The molecule has 0 aromatic carbocycles. The number of H-pyrrole nitrogens is 1. The average molecular weight is 240 g/mol. The minimum absolute atomic E-state index is 0.111. The van der Waals surface area contributed by atoms with E-state index in [1.807, 2.05) is 0 Å². The molecule has 0 radical (unpaired) electrons. The molecule has 2 fully saturated rings. The summed E-state index contributed by atoms with van der Waals surface area (Å²) in [6, 6.07) is 0. The average Bonchev–Trinajstić information content (AvgIpc) is 2.49. The summed E-state index contributed by atoms with van der Waals surface area (Å²) in [6.45, 7) is 2.42. The summed E-state index contributed by atoms with van der Waals surface area (Å²) in [6.07, 6.45) is 2.82. The molecule has 0 aliphatic carbocycles. The van der Waals surface area contributed by atoms with Gasteiger partial charge in [-0.15, -0.1) is 0 Å². The number of aromatic amines is 1. The fourth-order valence-electron chi connectivity index (χ4n) is 2.09. The van der Waals surface area contributed by atoms with Crippen LogP contribution in [0.25, 0.3) is 0 Å². The molecule has 0 saturated carbocycles. The minimum Gasteiger partial charge on any atom is -0.372 e. The first-order valence-electron chi connectivity index (χ1n) is 5.24. The van der Waals surface area contributed by atoms with Crippen LogP contribution in [0.3, 0.4) is 0 Å². The van der Waals surface area contributed by atoms with E-state index in [-0.39, 0.29) is 24.0 Å². The molecule has 0 spiro atoms. The predicted octanol–water partition coefficient (Wildman–Crippen LogP) is 0.901. The van der Waals surface area contributed by atoms with Crippen molar-refractivity contribution < 1.29 is 9.47 Å². The highest BCUT2D eigenvalue weighted by atomic mass is 32.1. The summed E-state index contributed by atoms with van der Waals surface area (Å²) in [4.78, 5) is 14.0. The second kappa shape index (κ2) is 3.51. The van der Waals surface area contributed by atoms with Gasteiger partial charge in [0.25, 0.3) is 5.56 Å². The van der Waals surface area contributed by atoms with E-state index in [4.69, 9.17) is 21.7 Å². The highest BCUT2D eigenvalue weighted by Crippen LogP contribution is 2.36. The second-order valence-electron chi connectivity index (χ2n) is 4.22. The van der Waals surface area contributed by atoms with Crippen molar-refractivity contribution in [1.29, 1.82) is 0 Å². The summed E-state index contributed by atoms with van der Waals surface area (Å²) >= 11 is 5.12. The van der Waals surface area contributed by atoms with Gasteiger partial charge in [-0.05, 0) is 19.1 Å². The molecule has 1 aromatic rings. The van der Waals surface area contributed by atoms with E-state index in [0.717, 1.165) is 6.42 Å². The third-order valence-corrected chi connectivity index (χ3v) is 3.42. The Labute approximate surface area is 97.0 Å². The van der Waals surface area contributed by atoms with Crippen molar-refractivity contribution in [2.45, 2.75) is 31.8 Å². The number of rotatable bonds is 1. The molecular formula is C10H12N2O3S. The van der Waals surface area contributed by atoms with Crippen molar-refractivity contribution in [1.82, 2.24) is 9.55 Å². The number of nitrogens with one attached hydrogen (secondary N) is 1. The van der Waals surface area contributed by atoms with Gasteiger partial charge in [-0.3, -0.25) is 14.3 Å². The van der Waals surface area contributed by atoms with Gasteiger partial charge in [0.15, 0.2) is 4.77 Å². The minimum atomic E-state index is -0.140. The Morgan fingerprint density at radius 1 is 1.56 bits per heavy atom. The lowest BCUT2D eigenvalue weighted by atomic mass is 10.1. The van der Waals surface area contributed by atoms with Gasteiger partial charge in [-0.2, -0.15) is 0 Å². The lowest BCUT2D eigenvalue weighted by Gasteiger charge is -2.28. The van der Waals surface area contributed by atoms with Gasteiger partial charge in [0, 0.05) is 18.2 Å². The van der Waals surface area contributed by atoms with Crippen LogP contribution >= 0.6 is 12.2 Å². The van der Waals surface area contributed by atoms with Crippen LogP contribution in [-0.4, -0.2) is 28.4 Å². The molecule has 0 bridgehead atoms. The van der Waals surface area contributed by atoms with Crippen LogP contribution in [-0.2, 0) is 9.47 Å². The molecule has 2 aliphatic rings. The van der Waals surface area contributed by atoms with Crippen LogP contribution in [0.15, 0.2) is 11.0 Å². The Morgan fingerprint density at radius 3 is 2.94 bits per heavy atom. The third kappa shape index (κ3) is 1.45. The molecule has 6 heteroatoms. The van der Waals surface area contributed by atoms with Crippen LogP contribution in [0.5, 0.6) is 0 Å². The summed E-state index contributed by atoms with van der Waals surface area (Å²) in [7, 11) is 0. The molecule has 16 heavy (non-hydrogen) atoms. The maximum absolute atomic E-state index is 11.3. The first kappa shape index (κ1) is 10.2. The van der Waals surface area contributed by atoms with Gasteiger partial charge in [0.05, 0.1) is 12.7 Å². The predicted molar refractivity (Wildman–Crippen MR) is 58.9 cm³/mol. The highest BCUT2D eigenvalue weighted by Gasteiger charge is 2.43. The Balaban J connectivity index is 1.97. The van der Waals surface area contributed by atoms with Crippen LogP contribution in [0, 0.1) is 11.7 Å². The number of hydrogen-bond donors (Lipinski definition) is 1. The Bertz CT molecular complexity index is 524. The van der Waals surface area contributed by atoms with Gasteiger partial charge in [0.1, 0.15) is 12.3 Å². The van der Waals surface area contributed by atoms with E-state index in [2.05, 4.69) is 4.98 Å². The number of ether oxygens (including phenoxy) is 2. The van der Waals surface area contributed by atoms with Crippen LogP contribution < -0.4 is 5.56 Å². The van der Waals surface area contributed by atoms with Crippen molar-refractivity contribution in [2.24, 2.45) is 0 Å². The maximum Gasteiger partial charge on any atom is 0.254 e. The van der Waals surface area contributed by atoms with Crippen LogP contribution in [0.4, 0.5) is 0 Å². The maximum atomic E-state index is 11.3. The number of fused-ring (bicyclic) bond motifs is 1. The molecule has 1 aromatic heterocycles. The van der Waals surface area contributed by atoms with Crippen molar-refractivity contribution in [2.75, 3.05) is 6.61 Å². The van der Waals surface area contributed by atoms with Crippen molar-refractivity contribution in [3.05, 3.63) is 26.9 Å². The Hall–Kier alpha value is -0.980. The van der Waals surface area contributed by atoms with Gasteiger partial charge in [-0.1, -0.05) is 0 Å². The molecule has 0 unspecified atom stereocenters. The topological polar surface area (TPSA) is 56.2 Å². The van der Waals surface area contributed by atoms with E-state index in [9.17, 15) is 4.79 Å². The summed E-state index contributed by atoms with van der Waals surface area (Å²) < 4.78 is 13.3. The molecule has 2 saturated heterocycles. The third-order valence-electron chi connectivity index (χ3n) is 3.11. The zero-order chi connectivity index (χ0) is 11.3. The molecule has 2 aliphatic heterocycles. The first-order valence-corrected chi connectivity index (χ1v) is 5.65. The highest BCUT2D eigenvalue weighted by molar-refractivity contribution is 7.71. The number of aryl methyl sites for hydroxylation is 1. The lowest BCUT2D eigenvalue weighted by molar-refractivity contribution is -0.149. The number of hydrogen-bond acceptors (Lipinski definition) is 4. The molecule has 1 N–H and O–H groups in total. The Kier molecular flexibility index (Phi) is 2.24. The normalized spacial score (nSPS) is 32.2. The van der Waals surface area contributed by atoms with Crippen LogP contribution in [0.2, 0.25) is 0 Å². The largest absolute Gasteiger partial charge is 0.372 e. The molecular weight excluding hydrogens is 228 g/mol. The standard InChI is InChI=1S/C10H12N2O3S/c1-5-3-12(10(16)11-9(5)13)8-2-6-7(15-8)4-14-6/h3,6-8H,2,4H2,1H3,(H,11,13,16)/t6-,7-,8-/m1/s1. The van der Waals surface area contributed by atoms with Gasteiger partial charge in [0.2, 0.25) is 0 Å². The van der Waals surface area contributed by atoms with E-state index in [1.165, 1.54) is 0 Å². The zero-order valence-corrected chi connectivity index (χ0v) is 9.62. The van der Waals surface area contributed by atoms with E-state index < -0.39 is 0 Å². The van der Waals surface area contributed by atoms with Gasteiger partial charge >= 0.3 is 0 Å². The van der Waals surface area contributed by atoms with E-state index >= 15 is 0 Å². The number of nitrogens with zero attached hydrogens (tertiary/aromatic N) is 1. The first-order chi connectivity index (χ1) is 7.65.